The molecule has 5 nitrogen and oxygen atoms in total. The first-order valence-corrected chi connectivity index (χ1v) is 6.87. The van der Waals surface area contributed by atoms with Gasteiger partial charge in [-0.3, -0.25) is 9.59 Å². The predicted octanol–water partition coefficient (Wildman–Crippen LogP) is 0.608. The Morgan fingerprint density at radius 2 is 2.16 bits per heavy atom. The summed E-state index contributed by atoms with van der Waals surface area (Å²) in [6, 6.07) is 5.58. The van der Waals surface area contributed by atoms with Crippen LogP contribution in [0.5, 0.6) is 0 Å². The minimum Gasteiger partial charge on any atom is -0.389 e. The lowest BCUT2D eigenvalue weighted by Crippen LogP contribution is -2.55. The van der Waals surface area contributed by atoms with Gasteiger partial charge in [-0.05, 0) is 17.7 Å². The summed E-state index contributed by atoms with van der Waals surface area (Å²) in [5.74, 6) is -0.212. The molecule has 0 spiro atoms. The van der Waals surface area contributed by atoms with Gasteiger partial charge in [0, 0.05) is 29.7 Å². The molecule has 0 aromatic heterocycles. The standard InChI is InChI=1S/C13H13BrN2O3/c14-9-2-1-8-4-16(13(19)11(8)3-9)7-12(18)15-5-10(17)6-15/h1-3,10,17H,4-7H2. The average Bonchev–Trinajstić information content (AvgIpc) is 2.63. The SMILES string of the molecule is O=C(CN1Cc2ccc(Br)cc2C1=O)N1CC(O)C1. The molecule has 1 saturated heterocycles. The number of benzene rings is 1. The van der Waals surface area contributed by atoms with Crippen LogP contribution < -0.4 is 0 Å². The second-order valence-corrected chi connectivity index (χ2v) is 5.83. The monoisotopic (exact) mass is 324 g/mol. The smallest absolute Gasteiger partial charge is 0.255 e. The van der Waals surface area contributed by atoms with E-state index in [0.717, 1.165) is 10.0 Å². The fourth-order valence-corrected chi connectivity index (χ4v) is 2.74. The molecule has 2 aliphatic heterocycles. The maximum absolute atomic E-state index is 12.2. The third kappa shape index (κ3) is 2.26. The van der Waals surface area contributed by atoms with Gasteiger partial charge in [0.05, 0.1) is 6.10 Å². The van der Waals surface area contributed by atoms with Gasteiger partial charge in [0.15, 0.2) is 0 Å². The molecule has 0 bridgehead atoms. The molecule has 1 aromatic carbocycles. The first kappa shape index (κ1) is 12.6. The van der Waals surface area contributed by atoms with Crippen LogP contribution in [0.2, 0.25) is 0 Å². The third-order valence-corrected chi connectivity index (χ3v) is 3.99. The van der Waals surface area contributed by atoms with Crippen LogP contribution in [0.25, 0.3) is 0 Å². The molecule has 0 saturated carbocycles. The lowest BCUT2D eigenvalue weighted by Gasteiger charge is -2.36. The number of carbonyl (C=O) groups excluding carboxylic acids is 2. The van der Waals surface area contributed by atoms with E-state index in [-0.39, 0.29) is 18.4 Å². The third-order valence-electron chi connectivity index (χ3n) is 3.49. The Morgan fingerprint density at radius 1 is 1.42 bits per heavy atom. The first-order valence-electron chi connectivity index (χ1n) is 6.08. The highest BCUT2D eigenvalue weighted by molar-refractivity contribution is 9.10. The van der Waals surface area contributed by atoms with Gasteiger partial charge < -0.3 is 14.9 Å². The van der Waals surface area contributed by atoms with Gasteiger partial charge in [-0.15, -0.1) is 0 Å². The van der Waals surface area contributed by atoms with Crippen molar-refractivity contribution in [3.8, 4) is 0 Å². The van der Waals surface area contributed by atoms with Gasteiger partial charge in [0.1, 0.15) is 6.54 Å². The summed E-state index contributed by atoms with van der Waals surface area (Å²) in [6.07, 6.45) is -0.411. The number of β-amino-alcohol motifs (C(OH)–C–C–N with tert-alkyl or cyclic N) is 1. The largest absolute Gasteiger partial charge is 0.389 e. The van der Waals surface area contributed by atoms with Gasteiger partial charge in [0.2, 0.25) is 5.91 Å². The number of carbonyl (C=O) groups is 2. The lowest BCUT2D eigenvalue weighted by molar-refractivity contribution is -0.141. The highest BCUT2D eigenvalue weighted by Gasteiger charge is 2.33. The molecule has 6 heteroatoms. The van der Waals surface area contributed by atoms with Crippen molar-refractivity contribution in [3.05, 3.63) is 33.8 Å². The number of halogens is 1. The van der Waals surface area contributed by atoms with Crippen LogP contribution in [-0.2, 0) is 11.3 Å². The fourth-order valence-electron chi connectivity index (χ4n) is 2.38. The number of hydrogen-bond donors (Lipinski definition) is 1. The maximum Gasteiger partial charge on any atom is 0.255 e. The molecule has 0 aliphatic carbocycles. The first-order chi connectivity index (χ1) is 9.04. The quantitative estimate of drug-likeness (QED) is 0.867. The Labute approximate surface area is 118 Å². The van der Waals surface area contributed by atoms with E-state index in [9.17, 15) is 14.7 Å². The molecule has 19 heavy (non-hydrogen) atoms. The molecule has 1 aromatic rings. The topological polar surface area (TPSA) is 60.9 Å². The number of amides is 2. The zero-order valence-electron chi connectivity index (χ0n) is 10.2. The summed E-state index contributed by atoms with van der Waals surface area (Å²) >= 11 is 3.34. The molecule has 1 fully saturated rings. The zero-order chi connectivity index (χ0) is 13.6. The van der Waals surface area contributed by atoms with E-state index in [1.54, 1.807) is 15.9 Å². The predicted molar refractivity (Wildman–Crippen MR) is 71.5 cm³/mol. The molecular weight excluding hydrogens is 312 g/mol. The summed E-state index contributed by atoms with van der Waals surface area (Å²) in [5, 5.41) is 9.17. The van der Waals surface area contributed by atoms with Crippen LogP contribution >= 0.6 is 15.9 Å². The molecule has 0 unspecified atom stereocenters. The Morgan fingerprint density at radius 3 is 2.84 bits per heavy atom. The molecule has 100 valence electrons. The Bertz CT molecular complexity index is 555. The lowest BCUT2D eigenvalue weighted by atomic mass is 10.1. The van der Waals surface area contributed by atoms with Gasteiger partial charge in [-0.25, -0.2) is 0 Å². The number of fused-ring (bicyclic) bond motifs is 1. The summed E-state index contributed by atoms with van der Waals surface area (Å²) in [6.45, 7) is 1.31. The van der Waals surface area contributed by atoms with Crippen molar-refractivity contribution in [3.63, 3.8) is 0 Å². The number of hydrogen-bond acceptors (Lipinski definition) is 3. The van der Waals surface area contributed by atoms with E-state index in [2.05, 4.69) is 15.9 Å². The minimum absolute atomic E-state index is 0.0812. The number of rotatable bonds is 2. The second kappa shape index (κ2) is 4.61. The molecule has 1 N–H and O–H groups in total. The summed E-state index contributed by atoms with van der Waals surface area (Å²) in [5.41, 5.74) is 1.61. The van der Waals surface area contributed by atoms with Crippen molar-refractivity contribution in [1.29, 1.82) is 0 Å². The van der Waals surface area contributed by atoms with Crippen LogP contribution in [0, 0.1) is 0 Å². The minimum atomic E-state index is -0.411. The molecule has 2 amide bonds. The van der Waals surface area contributed by atoms with E-state index < -0.39 is 6.10 Å². The van der Waals surface area contributed by atoms with Gasteiger partial charge in [-0.2, -0.15) is 0 Å². The van der Waals surface area contributed by atoms with Crippen LogP contribution in [0.15, 0.2) is 22.7 Å². The second-order valence-electron chi connectivity index (χ2n) is 4.92. The zero-order valence-corrected chi connectivity index (χ0v) is 11.8. The number of aliphatic hydroxyl groups excluding tert-OH is 1. The molecule has 0 radical (unpaired) electrons. The normalized spacial score (nSPS) is 18.5. The molecule has 2 aliphatic rings. The van der Waals surface area contributed by atoms with Crippen molar-refractivity contribution >= 4 is 27.7 Å². The van der Waals surface area contributed by atoms with Crippen molar-refractivity contribution in [2.75, 3.05) is 19.6 Å². The van der Waals surface area contributed by atoms with E-state index in [1.807, 2.05) is 12.1 Å². The van der Waals surface area contributed by atoms with E-state index >= 15 is 0 Å². The molecule has 3 rings (SSSR count). The van der Waals surface area contributed by atoms with E-state index in [0.29, 0.717) is 25.2 Å². The Kier molecular flexibility index (Phi) is 3.06. The van der Waals surface area contributed by atoms with Crippen LogP contribution in [0.4, 0.5) is 0 Å². The summed E-state index contributed by atoms with van der Waals surface area (Å²) in [7, 11) is 0. The maximum atomic E-state index is 12.2. The Balaban J connectivity index is 1.68. The van der Waals surface area contributed by atoms with Crippen molar-refractivity contribution in [1.82, 2.24) is 9.80 Å². The number of aliphatic hydroxyl groups is 1. The Hall–Kier alpha value is -1.40. The summed E-state index contributed by atoms with van der Waals surface area (Å²) < 4.78 is 0.860. The molecule has 0 atom stereocenters. The van der Waals surface area contributed by atoms with Crippen LogP contribution in [0.1, 0.15) is 15.9 Å². The van der Waals surface area contributed by atoms with Crippen molar-refractivity contribution in [2.24, 2.45) is 0 Å². The average molecular weight is 325 g/mol. The van der Waals surface area contributed by atoms with Gasteiger partial charge in [-0.1, -0.05) is 22.0 Å². The van der Waals surface area contributed by atoms with Crippen LogP contribution in [0.3, 0.4) is 0 Å². The number of nitrogens with zero attached hydrogens (tertiary/aromatic N) is 2. The summed E-state index contributed by atoms with van der Waals surface area (Å²) in [4.78, 5) is 27.2. The van der Waals surface area contributed by atoms with Crippen molar-refractivity contribution < 1.29 is 14.7 Å². The van der Waals surface area contributed by atoms with E-state index in [1.165, 1.54) is 0 Å². The van der Waals surface area contributed by atoms with Gasteiger partial charge in [0.25, 0.3) is 5.91 Å². The highest BCUT2D eigenvalue weighted by atomic mass is 79.9. The van der Waals surface area contributed by atoms with Gasteiger partial charge >= 0.3 is 0 Å². The van der Waals surface area contributed by atoms with E-state index in [4.69, 9.17) is 0 Å². The van der Waals surface area contributed by atoms with Crippen LogP contribution in [-0.4, -0.2) is 52.5 Å². The highest BCUT2D eigenvalue weighted by Crippen LogP contribution is 2.26. The molecule has 2 heterocycles. The van der Waals surface area contributed by atoms with Crippen molar-refractivity contribution in [2.45, 2.75) is 12.6 Å². The fraction of sp³-hybridized carbons (Fsp3) is 0.385. The molecular formula is C13H13BrN2O3. The number of likely N-dealkylation sites (tertiary alicyclic amines) is 1.